The summed E-state index contributed by atoms with van der Waals surface area (Å²) in [6.07, 6.45) is -0.464. The Morgan fingerprint density at radius 3 is 2.19 bits per heavy atom. The fourth-order valence-corrected chi connectivity index (χ4v) is 2.40. The summed E-state index contributed by atoms with van der Waals surface area (Å²) in [5.74, 6) is 0. The van der Waals surface area contributed by atoms with E-state index < -0.39 is 0 Å². The maximum atomic E-state index is 11.9. The predicted molar refractivity (Wildman–Crippen MR) is 58.6 cm³/mol. The van der Waals surface area contributed by atoms with Crippen LogP contribution in [0.2, 0.25) is 0 Å². The minimum absolute atomic E-state index is 0.0655. The smallest absolute Gasteiger partial charge is 0.314 e. The summed E-state index contributed by atoms with van der Waals surface area (Å²) >= 11 is 0. The molecule has 2 aliphatic rings. The van der Waals surface area contributed by atoms with Crippen molar-refractivity contribution in [2.24, 2.45) is 0 Å². The number of nitrogens with one attached hydrogen (secondary N) is 1. The largest absolute Gasteiger partial charge is 0.323 e. The normalized spacial score (nSPS) is 29.9. The third kappa shape index (κ3) is 1.25. The zero-order valence-corrected chi connectivity index (χ0v) is 10.3. The average Bonchev–Trinajstić information content (AvgIpc) is 2.58. The fraction of sp³-hybridized carbons (Fsp3) is 0.800. The molecule has 0 aromatic rings. The zero-order chi connectivity index (χ0) is 12.2. The predicted octanol–water partition coefficient (Wildman–Crippen LogP) is 0.460. The lowest BCUT2D eigenvalue weighted by atomic mass is 10.1. The van der Waals surface area contributed by atoms with Gasteiger partial charge in [0.05, 0.1) is 0 Å². The van der Waals surface area contributed by atoms with E-state index in [4.69, 9.17) is 0 Å². The molecule has 0 aliphatic carbocycles. The topological polar surface area (TPSA) is 55.9 Å². The van der Waals surface area contributed by atoms with Crippen molar-refractivity contribution >= 4 is 12.1 Å². The molecule has 0 radical (unpaired) electrons. The molecule has 2 aliphatic heterocycles. The summed E-state index contributed by atoms with van der Waals surface area (Å²) in [4.78, 5) is 28.5. The summed E-state index contributed by atoms with van der Waals surface area (Å²) in [5, 5.41) is 2.83. The van der Waals surface area contributed by atoms with Crippen molar-refractivity contribution in [2.75, 3.05) is 14.1 Å². The van der Waals surface area contributed by atoms with Gasteiger partial charge in [0.1, 0.15) is 12.3 Å². The molecule has 90 valence electrons. The molecule has 16 heavy (non-hydrogen) atoms. The second-order valence-electron chi connectivity index (χ2n) is 5.35. The number of carbonyl (C=O) groups excluding carboxylic acids is 2. The molecule has 2 unspecified atom stereocenters. The Kier molecular flexibility index (Phi) is 2.09. The second kappa shape index (κ2) is 3.02. The van der Waals surface area contributed by atoms with Gasteiger partial charge in [-0.1, -0.05) is 0 Å². The number of urea groups is 2. The molecule has 2 atom stereocenters. The lowest BCUT2D eigenvalue weighted by Crippen LogP contribution is -2.53. The Balaban J connectivity index is 2.37. The Labute approximate surface area is 95.2 Å². The van der Waals surface area contributed by atoms with E-state index in [0.29, 0.717) is 0 Å². The van der Waals surface area contributed by atoms with E-state index in [9.17, 15) is 9.59 Å². The number of likely N-dealkylation sites (N-methyl/N-ethyl adjacent to an activating group) is 2. The van der Waals surface area contributed by atoms with Crippen LogP contribution in [0.25, 0.3) is 0 Å². The molecular weight excluding hydrogens is 208 g/mol. The van der Waals surface area contributed by atoms with Crippen LogP contribution in [0.15, 0.2) is 0 Å². The van der Waals surface area contributed by atoms with Gasteiger partial charge in [-0.05, 0) is 20.8 Å². The molecule has 2 heterocycles. The van der Waals surface area contributed by atoms with Crippen LogP contribution in [-0.4, -0.2) is 58.7 Å². The van der Waals surface area contributed by atoms with Gasteiger partial charge in [-0.2, -0.15) is 0 Å². The van der Waals surface area contributed by atoms with Gasteiger partial charge in [-0.3, -0.25) is 4.90 Å². The molecule has 0 spiro atoms. The molecule has 0 bridgehead atoms. The summed E-state index contributed by atoms with van der Waals surface area (Å²) in [7, 11) is 3.43. The first-order valence-electron chi connectivity index (χ1n) is 5.34. The Hall–Kier alpha value is -1.46. The van der Waals surface area contributed by atoms with Gasteiger partial charge in [0.2, 0.25) is 0 Å². The number of carbonyl (C=O) groups is 2. The average molecular weight is 226 g/mol. The van der Waals surface area contributed by atoms with Gasteiger partial charge >= 0.3 is 12.1 Å². The van der Waals surface area contributed by atoms with Gasteiger partial charge in [0.15, 0.2) is 0 Å². The highest BCUT2D eigenvalue weighted by Gasteiger charge is 2.55. The van der Waals surface area contributed by atoms with Gasteiger partial charge in [0, 0.05) is 19.6 Å². The Bertz CT molecular complexity index is 349. The maximum absolute atomic E-state index is 11.9. The summed E-state index contributed by atoms with van der Waals surface area (Å²) < 4.78 is 0. The lowest BCUT2D eigenvalue weighted by molar-refractivity contribution is 0.0815. The number of amides is 4. The van der Waals surface area contributed by atoms with E-state index in [2.05, 4.69) is 5.32 Å². The highest BCUT2D eigenvalue weighted by molar-refractivity contribution is 5.85. The first-order valence-corrected chi connectivity index (χ1v) is 5.34. The van der Waals surface area contributed by atoms with Crippen molar-refractivity contribution in [2.45, 2.75) is 38.6 Å². The van der Waals surface area contributed by atoms with Gasteiger partial charge in [-0.25, -0.2) is 9.59 Å². The molecule has 1 N–H and O–H groups in total. The van der Waals surface area contributed by atoms with Crippen LogP contribution in [0, 0.1) is 0 Å². The van der Waals surface area contributed by atoms with E-state index in [1.54, 1.807) is 28.8 Å². The van der Waals surface area contributed by atoms with E-state index in [0.717, 1.165) is 0 Å². The van der Waals surface area contributed by atoms with Crippen LogP contribution in [0.4, 0.5) is 9.59 Å². The van der Waals surface area contributed by atoms with Crippen molar-refractivity contribution < 1.29 is 9.59 Å². The molecule has 2 fully saturated rings. The molecule has 0 aromatic heterocycles. The van der Waals surface area contributed by atoms with Crippen LogP contribution in [0.5, 0.6) is 0 Å². The van der Waals surface area contributed by atoms with Crippen molar-refractivity contribution in [3.63, 3.8) is 0 Å². The first kappa shape index (κ1) is 11.0. The molecule has 0 saturated carbocycles. The standard InChI is InChI=1S/C10H18N4O2/c1-10(2,3)14-7-6(11-8(14)15)12(4)9(16)13(7)5/h6-7H,1-5H3,(H,11,15). The van der Waals surface area contributed by atoms with Crippen LogP contribution < -0.4 is 5.32 Å². The molecule has 6 heteroatoms. The van der Waals surface area contributed by atoms with Crippen LogP contribution >= 0.6 is 0 Å². The van der Waals surface area contributed by atoms with Crippen LogP contribution in [-0.2, 0) is 0 Å². The number of nitrogens with zero attached hydrogens (tertiary/aromatic N) is 3. The highest BCUT2D eigenvalue weighted by atomic mass is 16.2. The Morgan fingerprint density at radius 1 is 1.12 bits per heavy atom. The van der Waals surface area contributed by atoms with Crippen molar-refractivity contribution in [3.8, 4) is 0 Å². The number of rotatable bonds is 0. The monoisotopic (exact) mass is 226 g/mol. The van der Waals surface area contributed by atoms with Crippen LogP contribution in [0.3, 0.4) is 0 Å². The second-order valence-corrected chi connectivity index (χ2v) is 5.35. The SMILES string of the molecule is CN1C(=O)N(C)C2C1NC(=O)N2C(C)(C)C. The van der Waals surface area contributed by atoms with E-state index in [-0.39, 0.29) is 29.9 Å². The van der Waals surface area contributed by atoms with Crippen molar-refractivity contribution in [1.82, 2.24) is 20.0 Å². The van der Waals surface area contributed by atoms with Gasteiger partial charge < -0.3 is 15.1 Å². The Morgan fingerprint density at radius 2 is 1.69 bits per heavy atom. The first-order chi connectivity index (χ1) is 7.25. The minimum atomic E-state index is -0.302. The summed E-state index contributed by atoms with van der Waals surface area (Å²) in [6, 6.07) is -0.182. The van der Waals surface area contributed by atoms with E-state index in [1.165, 1.54) is 0 Å². The minimum Gasteiger partial charge on any atom is -0.314 e. The summed E-state index contributed by atoms with van der Waals surface area (Å²) in [6.45, 7) is 5.89. The van der Waals surface area contributed by atoms with E-state index in [1.807, 2.05) is 20.8 Å². The van der Waals surface area contributed by atoms with Crippen molar-refractivity contribution in [1.29, 1.82) is 0 Å². The number of fused-ring (bicyclic) bond motifs is 1. The third-order valence-electron chi connectivity index (χ3n) is 3.18. The molecular formula is C10H18N4O2. The van der Waals surface area contributed by atoms with Crippen molar-refractivity contribution in [3.05, 3.63) is 0 Å². The van der Waals surface area contributed by atoms with E-state index >= 15 is 0 Å². The zero-order valence-electron chi connectivity index (χ0n) is 10.3. The maximum Gasteiger partial charge on any atom is 0.323 e. The van der Waals surface area contributed by atoms with Gasteiger partial charge in [0.25, 0.3) is 0 Å². The molecule has 6 nitrogen and oxygen atoms in total. The summed E-state index contributed by atoms with van der Waals surface area (Å²) in [5.41, 5.74) is -0.302. The molecule has 2 rings (SSSR count). The lowest BCUT2D eigenvalue weighted by Gasteiger charge is -2.37. The fourth-order valence-electron chi connectivity index (χ4n) is 2.40. The van der Waals surface area contributed by atoms with Crippen LogP contribution in [0.1, 0.15) is 20.8 Å². The highest BCUT2D eigenvalue weighted by Crippen LogP contribution is 2.31. The third-order valence-corrected chi connectivity index (χ3v) is 3.18. The number of hydrogen-bond acceptors (Lipinski definition) is 2. The molecule has 2 saturated heterocycles. The molecule has 0 aromatic carbocycles. The number of hydrogen-bond donors (Lipinski definition) is 1. The quantitative estimate of drug-likeness (QED) is 0.652. The molecule has 4 amide bonds. The van der Waals surface area contributed by atoms with Gasteiger partial charge in [-0.15, -0.1) is 0 Å².